The van der Waals surface area contributed by atoms with Crippen molar-refractivity contribution in [1.29, 1.82) is 0 Å². The van der Waals surface area contributed by atoms with Crippen LogP contribution < -0.4 is 16.4 Å². The molecule has 0 radical (unpaired) electrons. The Kier molecular flexibility index (Phi) is 7.25. The maximum Gasteiger partial charge on any atom is 0.248 e. The fourth-order valence-electron chi connectivity index (χ4n) is 4.03. The van der Waals surface area contributed by atoms with E-state index < -0.39 is 0 Å². The van der Waals surface area contributed by atoms with Gasteiger partial charge in [-0.25, -0.2) is 0 Å². The monoisotopic (exact) mass is 475 g/mol. The number of para-hydroxylation sites is 2. The van der Waals surface area contributed by atoms with Crippen LogP contribution in [0.15, 0.2) is 72.9 Å². The largest absolute Gasteiger partial charge is 0.397 e. The van der Waals surface area contributed by atoms with Crippen LogP contribution in [0.25, 0.3) is 6.08 Å². The summed E-state index contributed by atoms with van der Waals surface area (Å²) in [5.74, 6) is -0.575. The summed E-state index contributed by atoms with van der Waals surface area (Å²) >= 11 is 5.93. The number of halogens is 1. The number of carbonyl (C=O) groups excluding carboxylic acids is 2. The third-order valence-corrected chi connectivity index (χ3v) is 6.04. The van der Waals surface area contributed by atoms with Gasteiger partial charge in [0.15, 0.2) is 0 Å². The van der Waals surface area contributed by atoms with E-state index in [9.17, 15) is 9.59 Å². The van der Waals surface area contributed by atoms with Crippen molar-refractivity contribution >= 4 is 46.6 Å². The van der Waals surface area contributed by atoms with Crippen molar-refractivity contribution in [2.45, 2.75) is 5.92 Å². The van der Waals surface area contributed by atoms with Crippen molar-refractivity contribution in [2.24, 2.45) is 5.92 Å². The Morgan fingerprint density at radius 2 is 1.82 bits per heavy atom. The summed E-state index contributed by atoms with van der Waals surface area (Å²) in [6, 6.07) is 18.0. The van der Waals surface area contributed by atoms with E-state index in [4.69, 9.17) is 17.3 Å². The molecule has 2 aromatic carbocycles. The van der Waals surface area contributed by atoms with Crippen LogP contribution >= 0.6 is 11.6 Å². The first-order valence-electron chi connectivity index (χ1n) is 10.9. The molecule has 1 saturated heterocycles. The lowest BCUT2D eigenvalue weighted by Crippen LogP contribution is -2.28. The molecule has 174 valence electrons. The van der Waals surface area contributed by atoms with Crippen LogP contribution in [0, 0.1) is 5.92 Å². The lowest BCUT2D eigenvalue weighted by Gasteiger charge is -2.18. The number of rotatable bonds is 6. The Morgan fingerprint density at radius 3 is 2.53 bits per heavy atom. The topological polar surface area (TPSA) is 100 Å². The van der Waals surface area contributed by atoms with Crippen LogP contribution in [-0.2, 0) is 9.59 Å². The van der Waals surface area contributed by atoms with E-state index in [2.05, 4.69) is 20.5 Å². The number of nitrogens with zero attached hydrogens (tertiary/aromatic N) is 2. The first kappa shape index (κ1) is 23.5. The second-order valence-electron chi connectivity index (χ2n) is 8.36. The fourth-order valence-corrected chi connectivity index (χ4v) is 4.15. The fraction of sp³-hybridized carbons (Fsp3) is 0.192. The normalized spacial score (nSPS) is 18.2. The van der Waals surface area contributed by atoms with Gasteiger partial charge < -0.3 is 21.3 Å². The maximum atomic E-state index is 13.0. The number of nitrogens with one attached hydrogen (secondary N) is 2. The second-order valence-corrected chi connectivity index (χ2v) is 8.79. The van der Waals surface area contributed by atoms with Crippen molar-refractivity contribution < 1.29 is 9.59 Å². The number of anilines is 3. The van der Waals surface area contributed by atoms with E-state index in [0.29, 0.717) is 28.6 Å². The Hall–Kier alpha value is -3.68. The molecule has 0 aliphatic carbocycles. The average molecular weight is 476 g/mol. The van der Waals surface area contributed by atoms with Gasteiger partial charge in [0.2, 0.25) is 11.8 Å². The Labute approximate surface area is 203 Å². The lowest BCUT2D eigenvalue weighted by atomic mass is 9.91. The van der Waals surface area contributed by atoms with Gasteiger partial charge in [0, 0.05) is 47.7 Å². The Balaban J connectivity index is 1.40. The zero-order valence-electron chi connectivity index (χ0n) is 18.7. The molecule has 4 N–H and O–H groups in total. The van der Waals surface area contributed by atoms with Gasteiger partial charge in [-0.1, -0.05) is 29.8 Å². The van der Waals surface area contributed by atoms with Crippen molar-refractivity contribution in [1.82, 2.24) is 9.88 Å². The number of hydrogen-bond acceptors (Lipinski definition) is 5. The van der Waals surface area contributed by atoms with Gasteiger partial charge in [-0.2, -0.15) is 0 Å². The highest BCUT2D eigenvalue weighted by atomic mass is 35.5. The summed E-state index contributed by atoms with van der Waals surface area (Å²) in [5.41, 5.74) is 9.28. The van der Waals surface area contributed by atoms with Crippen molar-refractivity contribution in [3.05, 3.63) is 89.2 Å². The average Bonchev–Trinajstić information content (AvgIpc) is 3.23. The van der Waals surface area contributed by atoms with Gasteiger partial charge in [0.25, 0.3) is 0 Å². The van der Waals surface area contributed by atoms with Crippen molar-refractivity contribution in [3.63, 3.8) is 0 Å². The van der Waals surface area contributed by atoms with Crippen LogP contribution in [-0.4, -0.2) is 41.8 Å². The molecule has 0 spiro atoms. The van der Waals surface area contributed by atoms with Gasteiger partial charge in [0.05, 0.1) is 17.3 Å². The standard InChI is InChI=1S/C26H26ClN5O2/c1-32-15-20(21(16-32)26(34)30-19-10-8-18(27)9-11-19)23-12-6-17(14-29-23)7-13-25(33)31-24-5-3-2-4-22(24)28/h2-14,20-21H,15-16,28H2,1H3,(H,30,34)(H,31,33)/b13-7+. The zero-order valence-corrected chi connectivity index (χ0v) is 19.5. The minimum Gasteiger partial charge on any atom is -0.397 e. The van der Waals surface area contributed by atoms with Crippen molar-refractivity contribution in [2.75, 3.05) is 36.5 Å². The molecule has 34 heavy (non-hydrogen) atoms. The SMILES string of the molecule is CN1CC(C(=O)Nc2ccc(Cl)cc2)C(c2ccc(/C=C/C(=O)Nc3ccccc3N)cn2)C1. The summed E-state index contributed by atoms with van der Waals surface area (Å²) in [4.78, 5) is 31.9. The first-order chi connectivity index (χ1) is 16.4. The predicted molar refractivity (Wildman–Crippen MR) is 137 cm³/mol. The molecule has 2 atom stereocenters. The molecule has 1 fully saturated rings. The molecule has 1 aromatic heterocycles. The molecule has 3 aromatic rings. The van der Waals surface area contributed by atoms with E-state index >= 15 is 0 Å². The summed E-state index contributed by atoms with van der Waals surface area (Å²) in [6.45, 7) is 1.39. The smallest absolute Gasteiger partial charge is 0.248 e. The minimum absolute atomic E-state index is 0.0281. The zero-order chi connectivity index (χ0) is 24.1. The minimum atomic E-state index is -0.279. The summed E-state index contributed by atoms with van der Waals surface area (Å²) < 4.78 is 0. The summed E-state index contributed by atoms with van der Waals surface area (Å²) in [6.07, 6.45) is 4.84. The molecule has 1 aliphatic rings. The molecule has 2 unspecified atom stereocenters. The molecule has 8 heteroatoms. The highest BCUT2D eigenvalue weighted by molar-refractivity contribution is 6.30. The molecule has 4 rings (SSSR count). The number of benzene rings is 2. The quantitative estimate of drug-likeness (QED) is 0.365. The highest BCUT2D eigenvalue weighted by Crippen LogP contribution is 2.32. The molecule has 2 heterocycles. The molecular formula is C26H26ClN5O2. The number of likely N-dealkylation sites (N-methyl/N-ethyl adjacent to an activating group) is 1. The summed E-state index contributed by atoms with van der Waals surface area (Å²) in [5, 5.41) is 6.36. The number of amides is 2. The highest BCUT2D eigenvalue weighted by Gasteiger charge is 2.37. The van der Waals surface area contributed by atoms with E-state index in [1.165, 1.54) is 6.08 Å². The molecule has 0 saturated carbocycles. The van der Waals surface area contributed by atoms with Crippen LogP contribution in [0.5, 0.6) is 0 Å². The Bertz CT molecular complexity index is 1190. The lowest BCUT2D eigenvalue weighted by molar-refractivity contribution is -0.120. The Morgan fingerprint density at radius 1 is 1.06 bits per heavy atom. The van der Waals surface area contributed by atoms with Crippen LogP contribution in [0.2, 0.25) is 5.02 Å². The van der Waals surface area contributed by atoms with Gasteiger partial charge in [-0.15, -0.1) is 0 Å². The van der Waals surface area contributed by atoms with Crippen LogP contribution in [0.4, 0.5) is 17.1 Å². The van der Waals surface area contributed by atoms with E-state index in [-0.39, 0.29) is 23.7 Å². The third kappa shape index (κ3) is 5.81. The van der Waals surface area contributed by atoms with E-state index in [0.717, 1.165) is 17.8 Å². The van der Waals surface area contributed by atoms with E-state index in [1.54, 1.807) is 48.7 Å². The molecule has 0 bridgehead atoms. The van der Waals surface area contributed by atoms with Crippen LogP contribution in [0.3, 0.4) is 0 Å². The van der Waals surface area contributed by atoms with Crippen molar-refractivity contribution in [3.8, 4) is 0 Å². The van der Waals surface area contributed by atoms with Gasteiger partial charge in [-0.05, 0) is 61.2 Å². The number of nitrogen functional groups attached to an aromatic ring is 1. The number of pyridine rings is 1. The second kappa shape index (κ2) is 10.5. The van der Waals surface area contributed by atoms with Gasteiger partial charge >= 0.3 is 0 Å². The molecule has 7 nitrogen and oxygen atoms in total. The number of likely N-dealkylation sites (tertiary alicyclic amines) is 1. The number of carbonyl (C=O) groups is 2. The van der Waals surface area contributed by atoms with E-state index in [1.807, 2.05) is 31.3 Å². The first-order valence-corrected chi connectivity index (χ1v) is 11.3. The van der Waals surface area contributed by atoms with Gasteiger partial charge in [-0.3, -0.25) is 14.6 Å². The molecular weight excluding hydrogens is 450 g/mol. The number of hydrogen-bond donors (Lipinski definition) is 3. The number of nitrogens with two attached hydrogens (primary N) is 1. The predicted octanol–water partition coefficient (Wildman–Crippen LogP) is 4.25. The number of aromatic nitrogens is 1. The third-order valence-electron chi connectivity index (χ3n) is 5.79. The maximum absolute atomic E-state index is 13.0. The van der Waals surface area contributed by atoms with Crippen LogP contribution in [0.1, 0.15) is 17.2 Å². The molecule has 1 aliphatic heterocycles. The summed E-state index contributed by atoms with van der Waals surface area (Å²) in [7, 11) is 2.00. The van der Waals surface area contributed by atoms with Gasteiger partial charge in [0.1, 0.15) is 0 Å². The molecule has 2 amide bonds.